The molecule has 2 unspecified atom stereocenters. The minimum atomic E-state index is -0.424. The van der Waals surface area contributed by atoms with E-state index >= 15 is 0 Å². The molecule has 1 saturated heterocycles. The first-order chi connectivity index (χ1) is 8.50. The molecule has 18 heavy (non-hydrogen) atoms. The van der Waals surface area contributed by atoms with Gasteiger partial charge in [0.1, 0.15) is 5.82 Å². The van der Waals surface area contributed by atoms with Gasteiger partial charge < -0.3 is 4.90 Å². The summed E-state index contributed by atoms with van der Waals surface area (Å²) in [6.07, 6.45) is 0.868. The SMILES string of the molecule is Cc1cccc(C(=O)N2CCC(C)C(Cl)C2)c1F. The summed E-state index contributed by atoms with van der Waals surface area (Å²) in [5.74, 6) is -0.279. The van der Waals surface area contributed by atoms with E-state index in [1.165, 1.54) is 6.07 Å². The van der Waals surface area contributed by atoms with Gasteiger partial charge in [-0.15, -0.1) is 11.6 Å². The zero-order chi connectivity index (χ0) is 13.3. The molecule has 0 spiro atoms. The van der Waals surface area contributed by atoms with E-state index in [1.54, 1.807) is 24.0 Å². The van der Waals surface area contributed by atoms with Crippen molar-refractivity contribution in [2.24, 2.45) is 5.92 Å². The third kappa shape index (κ3) is 2.51. The van der Waals surface area contributed by atoms with E-state index in [0.29, 0.717) is 24.6 Å². The maximum absolute atomic E-state index is 13.9. The lowest BCUT2D eigenvalue weighted by Gasteiger charge is -2.34. The van der Waals surface area contributed by atoms with Gasteiger partial charge in [-0.3, -0.25) is 4.79 Å². The van der Waals surface area contributed by atoms with Crippen LogP contribution in [0.4, 0.5) is 4.39 Å². The maximum atomic E-state index is 13.9. The molecule has 1 heterocycles. The number of alkyl halides is 1. The monoisotopic (exact) mass is 269 g/mol. The molecule has 4 heteroatoms. The molecular weight excluding hydrogens is 253 g/mol. The third-order valence-electron chi connectivity index (χ3n) is 3.58. The normalized spacial score (nSPS) is 24.1. The lowest BCUT2D eigenvalue weighted by molar-refractivity contribution is 0.0696. The number of aryl methyl sites for hydroxylation is 1. The summed E-state index contributed by atoms with van der Waals surface area (Å²) in [6, 6.07) is 4.90. The molecule has 0 aromatic heterocycles. The van der Waals surface area contributed by atoms with Gasteiger partial charge in [-0.05, 0) is 30.9 Å². The van der Waals surface area contributed by atoms with Crippen LogP contribution in [-0.2, 0) is 0 Å². The van der Waals surface area contributed by atoms with Crippen LogP contribution in [0.2, 0.25) is 0 Å². The van der Waals surface area contributed by atoms with E-state index in [1.807, 2.05) is 0 Å². The van der Waals surface area contributed by atoms with Crippen LogP contribution in [0.5, 0.6) is 0 Å². The fourth-order valence-electron chi connectivity index (χ4n) is 2.19. The summed E-state index contributed by atoms with van der Waals surface area (Å²) < 4.78 is 13.9. The van der Waals surface area contributed by atoms with Gasteiger partial charge in [-0.25, -0.2) is 4.39 Å². The summed E-state index contributed by atoms with van der Waals surface area (Å²) in [5.41, 5.74) is 0.641. The van der Waals surface area contributed by atoms with Crippen LogP contribution in [-0.4, -0.2) is 29.3 Å². The number of halogens is 2. The van der Waals surface area contributed by atoms with Crippen LogP contribution < -0.4 is 0 Å². The second-order valence-corrected chi connectivity index (χ2v) is 5.53. The molecule has 1 aliphatic rings. The van der Waals surface area contributed by atoms with Gasteiger partial charge in [0.25, 0.3) is 5.91 Å². The Kier molecular flexibility index (Phi) is 3.91. The average molecular weight is 270 g/mol. The highest BCUT2D eigenvalue weighted by atomic mass is 35.5. The molecule has 1 aromatic carbocycles. The first-order valence-electron chi connectivity index (χ1n) is 6.19. The van der Waals surface area contributed by atoms with E-state index in [9.17, 15) is 9.18 Å². The number of piperidine rings is 1. The lowest BCUT2D eigenvalue weighted by atomic mass is 9.97. The van der Waals surface area contributed by atoms with Gasteiger partial charge in [0.05, 0.1) is 10.9 Å². The number of carbonyl (C=O) groups excluding carboxylic acids is 1. The molecule has 0 saturated carbocycles. The molecule has 1 fully saturated rings. The van der Waals surface area contributed by atoms with Gasteiger partial charge in [0.15, 0.2) is 0 Å². The zero-order valence-electron chi connectivity index (χ0n) is 10.6. The predicted molar refractivity (Wildman–Crippen MR) is 70.5 cm³/mol. The Balaban J connectivity index is 2.19. The number of amides is 1. The Morgan fingerprint density at radius 1 is 1.50 bits per heavy atom. The Morgan fingerprint density at radius 3 is 2.89 bits per heavy atom. The molecular formula is C14H17ClFNO. The molecule has 1 aliphatic heterocycles. The lowest BCUT2D eigenvalue weighted by Crippen LogP contribution is -2.44. The maximum Gasteiger partial charge on any atom is 0.256 e. The van der Waals surface area contributed by atoms with Crippen molar-refractivity contribution in [3.8, 4) is 0 Å². The standard InChI is InChI=1S/C14H17ClFNO/c1-9-6-7-17(8-12(9)15)14(18)11-5-3-4-10(2)13(11)16/h3-5,9,12H,6-8H2,1-2H3. The Hall–Kier alpha value is -1.09. The largest absolute Gasteiger partial charge is 0.337 e. The highest BCUT2D eigenvalue weighted by Gasteiger charge is 2.29. The third-order valence-corrected chi connectivity index (χ3v) is 4.14. The van der Waals surface area contributed by atoms with Crippen LogP contribution in [0.15, 0.2) is 18.2 Å². The molecule has 1 aromatic rings. The minimum Gasteiger partial charge on any atom is -0.337 e. The number of benzene rings is 1. The van der Waals surface area contributed by atoms with Crippen molar-refractivity contribution in [3.63, 3.8) is 0 Å². The van der Waals surface area contributed by atoms with E-state index in [-0.39, 0.29) is 16.8 Å². The van der Waals surface area contributed by atoms with E-state index in [4.69, 9.17) is 11.6 Å². The first-order valence-corrected chi connectivity index (χ1v) is 6.63. The highest BCUT2D eigenvalue weighted by Crippen LogP contribution is 2.24. The van der Waals surface area contributed by atoms with Crippen molar-refractivity contribution >= 4 is 17.5 Å². The van der Waals surface area contributed by atoms with Crippen LogP contribution in [0.3, 0.4) is 0 Å². The summed E-state index contributed by atoms with van der Waals surface area (Å²) in [4.78, 5) is 13.9. The second kappa shape index (κ2) is 5.27. The van der Waals surface area contributed by atoms with Gasteiger partial charge in [-0.2, -0.15) is 0 Å². The average Bonchev–Trinajstić information content (AvgIpc) is 2.35. The molecule has 0 radical (unpaired) electrons. The van der Waals surface area contributed by atoms with Crippen LogP contribution >= 0.6 is 11.6 Å². The van der Waals surface area contributed by atoms with Gasteiger partial charge in [0, 0.05) is 13.1 Å². The van der Waals surface area contributed by atoms with Crippen molar-refractivity contribution in [3.05, 3.63) is 35.1 Å². The number of nitrogens with zero attached hydrogens (tertiary/aromatic N) is 1. The van der Waals surface area contributed by atoms with Crippen molar-refractivity contribution in [1.82, 2.24) is 4.90 Å². The fourth-order valence-corrected chi connectivity index (χ4v) is 2.48. The quantitative estimate of drug-likeness (QED) is 0.717. The van der Waals surface area contributed by atoms with Gasteiger partial charge >= 0.3 is 0 Å². The molecule has 0 N–H and O–H groups in total. The van der Waals surface area contributed by atoms with E-state index in [2.05, 4.69) is 6.92 Å². The highest BCUT2D eigenvalue weighted by molar-refractivity contribution is 6.21. The van der Waals surface area contributed by atoms with Crippen molar-refractivity contribution in [2.45, 2.75) is 25.6 Å². The molecule has 2 rings (SSSR count). The van der Waals surface area contributed by atoms with Crippen molar-refractivity contribution in [1.29, 1.82) is 0 Å². The van der Waals surface area contributed by atoms with E-state index < -0.39 is 5.82 Å². The molecule has 1 amide bonds. The molecule has 2 atom stereocenters. The second-order valence-electron chi connectivity index (χ2n) is 4.97. The van der Waals surface area contributed by atoms with Gasteiger partial charge in [-0.1, -0.05) is 19.1 Å². The number of hydrogen-bond donors (Lipinski definition) is 0. The summed E-state index contributed by atoms with van der Waals surface area (Å²) >= 11 is 6.18. The molecule has 0 aliphatic carbocycles. The van der Waals surface area contributed by atoms with Crippen molar-refractivity contribution in [2.75, 3.05) is 13.1 Å². The fraction of sp³-hybridized carbons (Fsp3) is 0.500. The Bertz CT molecular complexity index is 463. The smallest absolute Gasteiger partial charge is 0.256 e. The molecule has 2 nitrogen and oxygen atoms in total. The number of likely N-dealkylation sites (tertiary alicyclic amines) is 1. The summed E-state index contributed by atoms with van der Waals surface area (Å²) in [6.45, 7) is 4.88. The number of rotatable bonds is 1. The van der Waals surface area contributed by atoms with Crippen LogP contribution in [0.25, 0.3) is 0 Å². The predicted octanol–water partition coefficient (Wildman–Crippen LogP) is 3.22. The van der Waals surface area contributed by atoms with Gasteiger partial charge in [0.2, 0.25) is 0 Å². The topological polar surface area (TPSA) is 20.3 Å². The summed E-state index contributed by atoms with van der Waals surface area (Å²) in [7, 11) is 0. The molecule has 98 valence electrons. The zero-order valence-corrected chi connectivity index (χ0v) is 11.4. The van der Waals surface area contributed by atoms with Crippen LogP contribution in [0, 0.1) is 18.7 Å². The summed E-state index contributed by atoms with van der Waals surface area (Å²) in [5, 5.41) is -0.0458. The number of carbonyl (C=O) groups is 1. The van der Waals surface area contributed by atoms with Crippen LogP contribution in [0.1, 0.15) is 29.3 Å². The minimum absolute atomic E-state index is 0.0458. The van der Waals surface area contributed by atoms with E-state index in [0.717, 1.165) is 6.42 Å². The first kappa shape index (κ1) is 13.3. The number of hydrogen-bond acceptors (Lipinski definition) is 1. The molecule has 0 bridgehead atoms. The Morgan fingerprint density at radius 2 is 2.22 bits per heavy atom. The van der Waals surface area contributed by atoms with Crippen molar-refractivity contribution < 1.29 is 9.18 Å². The Labute approximate surface area is 112 Å².